The summed E-state index contributed by atoms with van der Waals surface area (Å²) in [5.74, 6) is 0.670. The minimum Gasteiger partial charge on any atom is -0.312 e. The van der Waals surface area contributed by atoms with Crippen molar-refractivity contribution in [2.24, 2.45) is 0 Å². The molecule has 0 amide bonds. The van der Waals surface area contributed by atoms with Gasteiger partial charge in [0.05, 0.1) is 0 Å². The highest BCUT2D eigenvalue weighted by Crippen LogP contribution is 2.26. The molecule has 1 aromatic rings. The molecule has 1 atom stereocenters. The van der Waals surface area contributed by atoms with Gasteiger partial charge in [0, 0.05) is 16.7 Å². The Labute approximate surface area is 86.7 Å². The van der Waals surface area contributed by atoms with Gasteiger partial charge in [-0.05, 0) is 45.7 Å². The number of halogens is 1. The molecule has 0 saturated carbocycles. The molecule has 1 N–H and O–H groups in total. The quantitative estimate of drug-likeness (QED) is 0.716. The van der Waals surface area contributed by atoms with Gasteiger partial charge in [0.15, 0.2) is 0 Å². The van der Waals surface area contributed by atoms with Gasteiger partial charge >= 0.3 is 0 Å². The summed E-state index contributed by atoms with van der Waals surface area (Å²) in [5.41, 5.74) is 3.03. The van der Waals surface area contributed by atoms with Crippen LogP contribution in [-0.4, -0.2) is 6.54 Å². The molecule has 1 heterocycles. The molecule has 1 nitrogen and oxygen atoms in total. The first-order valence-electron chi connectivity index (χ1n) is 4.27. The zero-order valence-electron chi connectivity index (χ0n) is 7.10. The molecule has 0 bridgehead atoms. The summed E-state index contributed by atoms with van der Waals surface area (Å²) < 4.78 is 1.39. The molecule has 0 fully saturated rings. The zero-order valence-corrected chi connectivity index (χ0v) is 9.26. The van der Waals surface area contributed by atoms with Gasteiger partial charge in [-0.3, -0.25) is 0 Å². The van der Waals surface area contributed by atoms with Crippen molar-refractivity contribution in [1.29, 1.82) is 0 Å². The highest BCUT2D eigenvalue weighted by molar-refractivity contribution is 14.1. The highest BCUT2D eigenvalue weighted by atomic mass is 127. The first kappa shape index (κ1) is 8.51. The van der Waals surface area contributed by atoms with E-state index in [0.717, 1.165) is 13.1 Å². The summed E-state index contributed by atoms with van der Waals surface area (Å²) in [5, 5.41) is 3.43. The fraction of sp³-hybridized carbons (Fsp3) is 0.400. The van der Waals surface area contributed by atoms with Crippen molar-refractivity contribution in [2.75, 3.05) is 6.54 Å². The molecule has 2 heteroatoms. The lowest BCUT2D eigenvalue weighted by molar-refractivity contribution is 0.569. The molecular weight excluding hydrogens is 261 g/mol. The van der Waals surface area contributed by atoms with Gasteiger partial charge in [0.2, 0.25) is 0 Å². The largest absolute Gasteiger partial charge is 0.312 e. The summed E-state index contributed by atoms with van der Waals surface area (Å²) in [6, 6.07) is 6.59. The lowest BCUT2D eigenvalue weighted by atomic mass is 9.93. The summed E-state index contributed by atoms with van der Waals surface area (Å²) >= 11 is 2.41. The van der Waals surface area contributed by atoms with E-state index in [0.29, 0.717) is 5.92 Å². The van der Waals surface area contributed by atoms with Gasteiger partial charge in [-0.25, -0.2) is 0 Å². The molecule has 0 aliphatic carbocycles. The number of nitrogens with one attached hydrogen (secondary N) is 1. The second kappa shape index (κ2) is 3.34. The molecule has 12 heavy (non-hydrogen) atoms. The van der Waals surface area contributed by atoms with Crippen LogP contribution in [-0.2, 0) is 6.54 Å². The lowest BCUT2D eigenvalue weighted by Crippen LogP contribution is -2.27. The van der Waals surface area contributed by atoms with Crippen molar-refractivity contribution in [3.8, 4) is 0 Å². The van der Waals surface area contributed by atoms with Crippen molar-refractivity contribution >= 4 is 22.6 Å². The second-order valence-corrected chi connectivity index (χ2v) is 4.50. The standard InChI is InChI=1S/C10H12IN/c1-7-5-12-6-9-8(7)3-2-4-10(9)11/h2-4,7,12H,5-6H2,1H3/t7-/m0/s1. The second-order valence-electron chi connectivity index (χ2n) is 3.34. The molecule has 1 aliphatic heterocycles. The van der Waals surface area contributed by atoms with E-state index in [4.69, 9.17) is 0 Å². The Bertz CT molecular complexity index is 296. The molecule has 0 saturated heterocycles. The van der Waals surface area contributed by atoms with Crippen LogP contribution < -0.4 is 5.32 Å². The monoisotopic (exact) mass is 273 g/mol. The molecular formula is C10H12IN. The fourth-order valence-electron chi connectivity index (χ4n) is 1.75. The van der Waals surface area contributed by atoms with Crippen LogP contribution in [0.25, 0.3) is 0 Å². The Balaban J connectivity index is 2.52. The predicted molar refractivity (Wildman–Crippen MR) is 59.3 cm³/mol. The van der Waals surface area contributed by atoms with Crippen molar-refractivity contribution < 1.29 is 0 Å². The van der Waals surface area contributed by atoms with E-state index in [1.807, 2.05) is 0 Å². The molecule has 2 rings (SSSR count). The number of benzene rings is 1. The third-order valence-electron chi connectivity index (χ3n) is 2.44. The van der Waals surface area contributed by atoms with Crippen LogP contribution in [0.5, 0.6) is 0 Å². The Morgan fingerprint density at radius 2 is 2.33 bits per heavy atom. The van der Waals surface area contributed by atoms with E-state index in [1.54, 1.807) is 0 Å². The molecule has 0 radical (unpaired) electrons. The van der Waals surface area contributed by atoms with Gasteiger partial charge in [-0.1, -0.05) is 19.1 Å². The summed E-state index contributed by atoms with van der Waals surface area (Å²) in [6.45, 7) is 4.44. The number of rotatable bonds is 0. The molecule has 0 unspecified atom stereocenters. The predicted octanol–water partition coefficient (Wildman–Crippen LogP) is 2.50. The average molecular weight is 273 g/mol. The van der Waals surface area contributed by atoms with E-state index in [1.165, 1.54) is 14.7 Å². The summed E-state index contributed by atoms with van der Waals surface area (Å²) in [6.07, 6.45) is 0. The Morgan fingerprint density at radius 3 is 3.08 bits per heavy atom. The van der Waals surface area contributed by atoms with E-state index in [2.05, 4.69) is 53.0 Å². The summed E-state index contributed by atoms with van der Waals surface area (Å²) in [7, 11) is 0. The third kappa shape index (κ3) is 1.38. The number of hydrogen-bond acceptors (Lipinski definition) is 1. The van der Waals surface area contributed by atoms with E-state index in [-0.39, 0.29) is 0 Å². The maximum atomic E-state index is 3.43. The van der Waals surface area contributed by atoms with Crippen molar-refractivity contribution in [3.05, 3.63) is 32.9 Å². The molecule has 1 aliphatic rings. The Hall–Kier alpha value is -0.0900. The van der Waals surface area contributed by atoms with Crippen LogP contribution in [0.2, 0.25) is 0 Å². The van der Waals surface area contributed by atoms with E-state index < -0.39 is 0 Å². The maximum Gasteiger partial charge on any atom is 0.0219 e. The normalized spacial score (nSPS) is 22.0. The van der Waals surface area contributed by atoms with Crippen LogP contribution in [0, 0.1) is 3.57 Å². The molecule has 64 valence electrons. The van der Waals surface area contributed by atoms with Crippen LogP contribution in [0.4, 0.5) is 0 Å². The topological polar surface area (TPSA) is 12.0 Å². The van der Waals surface area contributed by atoms with Gasteiger partial charge in [0.25, 0.3) is 0 Å². The van der Waals surface area contributed by atoms with Gasteiger partial charge in [-0.15, -0.1) is 0 Å². The minimum atomic E-state index is 0.670. The van der Waals surface area contributed by atoms with Gasteiger partial charge in [-0.2, -0.15) is 0 Å². The van der Waals surface area contributed by atoms with Gasteiger partial charge < -0.3 is 5.32 Å². The van der Waals surface area contributed by atoms with Crippen LogP contribution in [0.3, 0.4) is 0 Å². The lowest BCUT2D eigenvalue weighted by Gasteiger charge is -2.24. The van der Waals surface area contributed by atoms with Crippen molar-refractivity contribution in [2.45, 2.75) is 19.4 Å². The first-order valence-corrected chi connectivity index (χ1v) is 5.35. The van der Waals surface area contributed by atoms with Crippen molar-refractivity contribution in [1.82, 2.24) is 5.32 Å². The molecule has 1 aromatic carbocycles. The van der Waals surface area contributed by atoms with Gasteiger partial charge in [0.1, 0.15) is 0 Å². The van der Waals surface area contributed by atoms with Crippen LogP contribution in [0.15, 0.2) is 18.2 Å². The fourth-order valence-corrected chi connectivity index (χ4v) is 2.46. The Kier molecular flexibility index (Phi) is 2.37. The van der Waals surface area contributed by atoms with Crippen LogP contribution >= 0.6 is 22.6 Å². The first-order chi connectivity index (χ1) is 5.79. The number of fused-ring (bicyclic) bond motifs is 1. The van der Waals surface area contributed by atoms with Crippen LogP contribution in [0.1, 0.15) is 24.0 Å². The van der Waals surface area contributed by atoms with E-state index in [9.17, 15) is 0 Å². The zero-order chi connectivity index (χ0) is 8.55. The molecule has 0 aromatic heterocycles. The van der Waals surface area contributed by atoms with Crippen molar-refractivity contribution in [3.63, 3.8) is 0 Å². The SMILES string of the molecule is C[C@H]1CNCc2c(I)cccc21. The average Bonchev–Trinajstić information content (AvgIpc) is 2.07. The maximum absolute atomic E-state index is 3.43. The number of hydrogen-bond donors (Lipinski definition) is 1. The minimum absolute atomic E-state index is 0.670. The molecule has 0 spiro atoms. The smallest absolute Gasteiger partial charge is 0.0219 e. The third-order valence-corrected chi connectivity index (χ3v) is 3.45. The highest BCUT2D eigenvalue weighted by Gasteiger charge is 2.16. The van der Waals surface area contributed by atoms with E-state index >= 15 is 0 Å². The Morgan fingerprint density at radius 1 is 1.50 bits per heavy atom. The summed E-state index contributed by atoms with van der Waals surface area (Å²) in [4.78, 5) is 0.